The summed E-state index contributed by atoms with van der Waals surface area (Å²) in [5.41, 5.74) is 2.73. The summed E-state index contributed by atoms with van der Waals surface area (Å²) in [6.07, 6.45) is 0. The highest BCUT2D eigenvalue weighted by Crippen LogP contribution is 2.14. The first kappa shape index (κ1) is 15.9. The summed E-state index contributed by atoms with van der Waals surface area (Å²) in [5.74, 6) is -0.388. The highest BCUT2D eigenvalue weighted by Gasteiger charge is 2.12. The average molecular weight is 316 g/mol. The van der Waals surface area contributed by atoms with Crippen LogP contribution in [-0.2, 0) is 10.6 Å². The second-order valence-corrected chi connectivity index (χ2v) is 4.89. The minimum Gasteiger partial charge on any atom is -0.465 e. The molecular formula is C17H14ClNO3. The van der Waals surface area contributed by atoms with Crippen molar-refractivity contribution < 1.29 is 14.3 Å². The van der Waals surface area contributed by atoms with Gasteiger partial charge in [0.2, 0.25) is 0 Å². The fourth-order valence-corrected chi connectivity index (χ4v) is 2.02. The fraction of sp³-hybridized carbons (Fsp3) is 0.176. The van der Waals surface area contributed by atoms with Crippen molar-refractivity contribution >= 4 is 29.2 Å². The molecule has 0 spiro atoms. The molecule has 0 bridgehead atoms. The Morgan fingerprint density at radius 3 is 2.50 bits per heavy atom. The van der Waals surface area contributed by atoms with E-state index < -0.39 is 5.97 Å². The van der Waals surface area contributed by atoms with Crippen LogP contribution in [0.4, 0.5) is 5.69 Å². The maximum Gasteiger partial charge on any atom is 0.338 e. The highest BCUT2D eigenvalue weighted by molar-refractivity contribution is 6.17. The third-order valence-electron chi connectivity index (χ3n) is 3.10. The van der Waals surface area contributed by atoms with Crippen molar-refractivity contribution in [3.63, 3.8) is 0 Å². The number of amides is 1. The van der Waals surface area contributed by atoms with Crippen molar-refractivity contribution in [2.45, 2.75) is 12.8 Å². The molecule has 1 amide bonds. The van der Waals surface area contributed by atoms with Gasteiger partial charge < -0.3 is 10.1 Å². The number of hydrogen-bond donors (Lipinski definition) is 1. The fourth-order valence-electron chi connectivity index (χ4n) is 1.85. The van der Waals surface area contributed by atoms with E-state index in [2.05, 4.69) is 22.2 Å². The Morgan fingerprint density at radius 2 is 1.91 bits per heavy atom. The van der Waals surface area contributed by atoms with Crippen molar-refractivity contribution in [3.8, 4) is 0 Å². The van der Waals surface area contributed by atoms with Crippen LogP contribution in [-0.4, -0.2) is 19.0 Å². The molecule has 0 radical (unpaired) electrons. The molecule has 0 aliphatic rings. The number of ether oxygens (including phenoxy) is 1. The van der Waals surface area contributed by atoms with Crippen molar-refractivity contribution in [2.75, 3.05) is 12.4 Å². The molecule has 0 atom stereocenters. The Morgan fingerprint density at radius 1 is 1.23 bits per heavy atom. The summed E-state index contributed by atoms with van der Waals surface area (Å²) in [5, 5.41) is 2.68. The smallest absolute Gasteiger partial charge is 0.338 e. The molecule has 2 aromatic rings. The Labute approximate surface area is 134 Å². The molecule has 0 unspecified atom stereocenters. The molecule has 2 aromatic carbocycles. The maximum atomic E-state index is 12.2. The van der Waals surface area contributed by atoms with Crippen LogP contribution in [0.2, 0.25) is 0 Å². The van der Waals surface area contributed by atoms with E-state index in [9.17, 15) is 9.59 Å². The maximum absolute atomic E-state index is 12.2. The van der Waals surface area contributed by atoms with Gasteiger partial charge in [0.1, 0.15) is 0 Å². The second-order valence-electron chi connectivity index (χ2n) is 4.62. The van der Waals surface area contributed by atoms with E-state index in [-0.39, 0.29) is 5.91 Å². The molecular weight excluding hydrogens is 302 g/mol. The van der Waals surface area contributed by atoms with E-state index in [0.29, 0.717) is 28.3 Å². The quantitative estimate of drug-likeness (QED) is 0.695. The first-order valence-corrected chi connectivity index (χ1v) is 7.07. The molecule has 0 heterocycles. The molecule has 2 rings (SSSR count). The van der Waals surface area contributed by atoms with Crippen molar-refractivity contribution in [2.24, 2.45) is 0 Å². The third-order valence-corrected chi connectivity index (χ3v) is 3.41. The number of carbonyl (C=O) groups excluding carboxylic acids is 2. The Hall–Kier alpha value is -2.51. The number of rotatable bonds is 4. The van der Waals surface area contributed by atoms with Gasteiger partial charge in [-0.15, -0.1) is 11.6 Å². The molecule has 4 nitrogen and oxygen atoms in total. The molecule has 1 N–H and O–H groups in total. The zero-order valence-electron chi connectivity index (χ0n) is 12.2. The van der Waals surface area contributed by atoms with Crippen LogP contribution in [0, 0.1) is 19.1 Å². The van der Waals surface area contributed by atoms with Gasteiger partial charge in [0.05, 0.1) is 18.4 Å². The van der Waals surface area contributed by atoms with E-state index >= 15 is 0 Å². The minimum atomic E-state index is -0.482. The van der Waals surface area contributed by atoms with E-state index in [4.69, 9.17) is 11.6 Å². The summed E-state index contributed by atoms with van der Waals surface area (Å²) in [6.45, 7) is 1.72. The van der Waals surface area contributed by atoms with Gasteiger partial charge in [-0.1, -0.05) is 18.2 Å². The largest absolute Gasteiger partial charge is 0.465 e. The van der Waals surface area contributed by atoms with Crippen molar-refractivity contribution in [3.05, 3.63) is 64.7 Å². The van der Waals surface area contributed by atoms with Gasteiger partial charge in [-0.2, -0.15) is 0 Å². The standard InChI is InChI=1S/C17H14ClNO3/c1-11-3-8-14(9-15(11)17(21)22-2)19-16(20)13-6-4-12(10-18)5-7-13/h4-7,9H,10H2,1-2H3,(H,19,20). The Kier molecular flexibility index (Phi) is 5.03. The molecule has 0 aliphatic heterocycles. The van der Waals surface area contributed by atoms with Gasteiger partial charge in [0.25, 0.3) is 5.91 Å². The molecule has 0 aliphatic carbocycles. The van der Waals surface area contributed by atoms with Crippen LogP contribution < -0.4 is 5.32 Å². The SMILES string of the molecule is COC(=O)c1cc(NC(=O)c2ccc(CCl)cc2)c#cc1C. The summed E-state index contributed by atoms with van der Waals surface area (Å²) in [4.78, 5) is 23.8. The summed E-state index contributed by atoms with van der Waals surface area (Å²) >= 11 is 5.71. The van der Waals surface area contributed by atoms with Crippen LogP contribution in [0.15, 0.2) is 30.3 Å². The van der Waals surface area contributed by atoms with E-state index in [1.165, 1.54) is 13.2 Å². The number of anilines is 1. The normalized spacial score (nSPS) is 9.77. The van der Waals surface area contributed by atoms with Crippen LogP contribution in [0.25, 0.3) is 0 Å². The summed E-state index contributed by atoms with van der Waals surface area (Å²) in [6, 6.07) is 14.1. The van der Waals surface area contributed by atoms with E-state index in [0.717, 1.165) is 5.56 Å². The summed E-state index contributed by atoms with van der Waals surface area (Å²) in [7, 11) is 1.30. The Balaban J connectivity index is 2.19. The zero-order chi connectivity index (χ0) is 16.1. The molecule has 0 saturated heterocycles. The van der Waals surface area contributed by atoms with E-state index in [1.807, 2.05) is 0 Å². The lowest BCUT2D eigenvalue weighted by atomic mass is 10.1. The average Bonchev–Trinajstić information content (AvgIpc) is 2.55. The van der Waals surface area contributed by atoms with Gasteiger partial charge in [-0.3, -0.25) is 4.79 Å². The minimum absolute atomic E-state index is 0.301. The van der Waals surface area contributed by atoms with Gasteiger partial charge >= 0.3 is 5.97 Å². The molecule has 0 fully saturated rings. The van der Waals surface area contributed by atoms with Gasteiger partial charge in [0.15, 0.2) is 0 Å². The number of halogens is 1. The van der Waals surface area contributed by atoms with E-state index in [1.54, 1.807) is 31.2 Å². The predicted molar refractivity (Wildman–Crippen MR) is 84.1 cm³/mol. The van der Waals surface area contributed by atoms with Gasteiger partial charge in [-0.25, -0.2) is 4.79 Å². The van der Waals surface area contributed by atoms with Crippen LogP contribution in [0.1, 0.15) is 31.8 Å². The lowest BCUT2D eigenvalue weighted by Gasteiger charge is -2.06. The first-order chi connectivity index (χ1) is 10.5. The van der Waals surface area contributed by atoms with Crippen molar-refractivity contribution in [1.82, 2.24) is 0 Å². The molecule has 22 heavy (non-hydrogen) atoms. The predicted octanol–water partition coefficient (Wildman–Crippen LogP) is 3.37. The number of benzene rings is 1. The molecule has 112 valence electrons. The number of esters is 1. The van der Waals surface area contributed by atoms with Crippen LogP contribution >= 0.6 is 11.6 Å². The van der Waals surface area contributed by atoms with Gasteiger partial charge in [-0.05, 0) is 36.8 Å². The second kappa shape index (κ2) is 6.97. The lowest BCUT2D eigenvalue weighted by molar-refractivity contribution is 0.0599. The number of hydrogen-bond acceptors (Lipinski definition) is 3. The van der Waals surface area contributed by atoms with Gasteiger partial charge in [0, 0.05) is 17.0 Å². The number of nitrogens with one attached hydrogen (secondary N) is 1. The monoisotopic (exact) mass is 315 g/mol. The number of methoxy groups -OCH3 is 1. The first-order valence-electron chi connectivity index (χ1n) is 6.54. The summed E-state index contributed by atoms with van der Waals surface area (Å²) < 4.78 is 4.69. The highest BCUT2D eigenvalue weighted by atomic mass is 35.5. The number of alkyl halides is 1. The van der Waals surface area contributed by atoms with Crippen LogP contribution in [0.5, 0.6) is 0 Å². The van der Waals surface area contributed by atoms with Crippen molar-refractivity contribution in [1.29, 1.82) is 0 Å². The lowest BCUT2D eigenvalue weighted by Crippen LogP contribution is -2.12. The van der Waals surface area contributed by atoms with Crippen LogP contribution in [0.3, 0.4) is 0 Å². The topological polar surface area (TPSA) is 55.4 Å². The number of carbonyl (C=O) groups is 2. The molecule has 5 heteroatoms. The molecule has 0 saturated carbocycles. The zero-order valence-corrected chi connectivity index (χ0v) is 13.0. The third kappa shape index (κ3) is 3.57. The Bertz CT molecular complexity index is 696. The molecule has 0 aromatic heterocycles.